The maximum atomic E-state index is 5.75. The Morgan fingerprint density at radius 2 is 2.14 bits per heavy atom. The van der Waals surface area contributed by atoms with Crippen LogP contribution in [0.5, 0.6) is 11.6 Å². The summed E-state index contributed by atoms with van der Waals surface area (Å²) in [5, 5.41) is 7.38. The van der Waals surface area contributed by atoms with Crippen molar-refractivity contribution < 1.29 is 9.47 Å². The zero-order valence-corrected chi connectivity index (χ0v) is 12.7. The summed E-state index contributed by atoms with van der Waals surface area (Å²) in [5.41, 5.74) is 0. The van der Waals surface area contributed by atoms with E-state index in [1.165, 1.54) is 0 Å². The third kappa shape index (κ3) is 4.42. The van der Waals surface area contributed by atoms with Crippen LogP contribution in [0.25, 0.3) is 0 Å². The number of nitrogens with zero attached hydrogens (tertiary/aromatic N) is 4. The Kier molecular flexibility index (Phi) is 5.51. The van der Waals surface area contributed by atoms with Gasteiger partial charge in [0.15, 0.2) is 11.6 Å². The molecule has 0 spiro atoms. The van der Waals surface area contributed by atoms with Crippen molar-refractivity contribution in [2.75, 3.05) is 19.0 Å². The first-order valence-electron chi connectivity index (χ1n) is 7.06. The van der Waals surface area contributed by atoms with Gasteiger partial charge in [0.2, 0.25) is 5.88 Å². The van der Waals surface area contributed by atoms with Gasteiger partial charge in [-0.05, 0) is 13.3 Å². The first kappa shape index (κ1) is 15.2. The molecule has 0 unspecified atom stereocenters. The molecule has 0 atom stereocenters. The quantitative estimate of drug-likeness (QED) is 0.805. The Morgan fingerprint density at radius 3 is 2.86 bits per heavy atom. The van der Waals surface area contributed by atoms with E-state index in [0.717, 1.165) is 25.3 Å². The molecule has 114 valence electrons. The van der Waals surface area contributed by atoms with Crippen LogP contribution in [-0.2, 0) is 17.9 Å². The molecular weight excluding hydrogens is 270 g/mol. The molecule has 1 N–H and O–H groups in total. The summed E-state index contributed by atoms with van der Waals surface area (Å²) in [7, 11) is 1.61. The van der Waals surface area contributed by atoms with Gasteiger partial charge in [0.25, 0.3) is 0 Å². The van der Waals surface area contributed by atoms with Gasteiger partial charge < -0.3 is 14.8 Å². The van der Waals surface area contributed by atoms with Gasteiger partial charge >= 0.3 is 0 Å². The molecule has 0 saturated heterocycles. The van der Waals surface area contributed by atoms with Crippen molar-refractivity contribution in [3.63, 3.8) is 0 Å². The fourth-order valence-corrected chi connectivity index (χ4v) is 1.86. The Balaban J connectivity index is 2.16. The van der Waals surface area contributed by atoms with E-state index in [1.807, 2.05) is 17.8 Å². The van der Waals surface area contributed by atoms with Gasteiger partial charge in [-0.3, -0.25) is 4.68 Å². The molecule has 7 heteroatoms. The number of hydrogen-bond donors (Lipinski definition) is 1. The van der Waals surface area contributed by atoms with Crippen LogP contribution in [-0.4, -0.2) is 33.4 Å². The van der Waals surface area contributed by atoms with Crippen LogP contribution >= 0.6 is 0 Å². The van der Waals surface area contributed by atoms with Gasteiger partial charge in [0.1, 0.15) is 12.4 Å². The average molecular weight is 291 g/mol. The van der Waals surface area contributed by atoms with E-state index < -0.39 is 0 Å². The zero-order chi connectivity index (χ0) is 15.1. The van der Waals surface area contributed by atoms with Gasteiger partial charge in [0, 0.05) is 26.3 Å². The number of hydrogen-bond acceptors (Lipinski definition) is 6. The van der Waals surface area contributed by atoms with E-state index in [2.05, 4.69) is 27.3 Å². The van der Waals surface area contributed by atoms with Gasteiger partial charge in [-0.1, -0.05) is 6.92 Å². The highest BCUT2D eigenvalue weighted by atomic mass is 16.5. The number of rotatable bonds is 8. The van der Waals surface area contributed by atoms with Crippen molar-refractivity contribution in [2.45, 2.75) is 33.4 Å². The molecule has 7 nitrogen and oxygen atoms in total. The van der Waals surface area contributed by atoms with Crippen molar-refractivity contribution in [1.82, 2.24) is 19.7 Å². The number of nitrogens with one attached hydrogen (secondary N) is 1. The van der Waals surface area contributed by atoms with Gasteiger partial charge in [0.05, 0.1) is 12.4 Å². The van der Waals surface area contributed by atoms with E-state index in [9.17, 15) is 0 Å². The summed E-state index contributed by atoms with van der Waals surface area (Å²) in [6.07, 6.45) is 4.56. The van der Waals surface area contributed by atoms with E-state index in [-0.39, 0.29) is 0 Å². The minimum absolute atomic E-state index is 0.338. The summed E-state index contributed by atoms with van der Waals surface area (Å²) in [6.45, 7) is 6.09. The highest BCUT2D eigenvalue weighted by molar-refractivity contribution is 5.39. The first-order valence-corrected chi connectivity index (χ1v) is 7.06. The molecular formula is C14H21N5O2. The van der Waals surface area contributed by atoms with Crippen molar-refractivity contribution in [2.24, 2.45) is 0 Å². The smallest absolute Gasteiger partial charge is 0.224 e. The molecule has 0 radical (unpaired) electrons. The number of anilines is 1. The van der Waals surface area contributed by atoms with Gasteiger partial charge in [-0.25, -0.2) is 4.98 Å². The average Bonchev–Trinajstić information content (AvgIpc) is 2.87. The lowest BCUT2D eigenvalue weighted by Crippen LogP contribution is -2.05. The van der Waals surface area contributed by atoms with Crippen LogP contribution < -0.4 is 10.1 Å². The maximum absolute atomic E-state index is 5.75. The number of aromatic nitrogens is 4. The molecule has 0 saturated carbocycles. The fourth-order valence-electron chi connectivity index (χ4n) is 1.86. The van der Waals surface area contributed by atoms with E-state index in [0.29, 0.717) is 24.1 Å². The number of ether oxygens (including phenoxy) is 2. The molecule has 2 aromatic heterocycles. The lowest BCUT2D eigenvalue weighted by atomic mass is 10.5. The Labute approximate surface area is 124 Å². The van der Waals surface area contributed by atoms with E-state index in [1.54, 1.807) is 19.4 Å². The molecule has 0 aliphatic rings. The normalized spacial score (nSPS) is 10.6. The highest BCUT2D eigenvalue weighted by Gasteiger charge is 2.08. The predicted octanol–water partition coefficient (Wildman–Crippen LogP) is 2.45. The van der Waals surface area contributed by atoms with E-state index in [4.69, 9.17) is 9.47 Å². The summed E-state index contributed by atoms with van der Waals surface area (Å²) in [4.78, 5) is 8.66. The minimum atomic E-state index is 0.338. The minimum Gasteiger partial charge on any atom is -0.436 e. The largest absolute Gasteiger partial charge is 0.436 e. The molecule has 21 heavy (non-hydrogen) atoms. The van der Waals surface area contributed by atoms with Gasteiger partial charge in [-0.15, -0.1) is 0 Å². The molecule has 0 aromatic carbocycles. The van der Waals surface area contributed by atoms with Crippen LogP contribution in [0, 0.1) is 0 Å². The SMILES string of the molecule is CCCn1cc(Oc2cc(NCC)nc(COC)n2)cn1. The second kappa shape index (κ2) is 7.58. The molecule has 0 aliphatic carbocycles. The predicted molar refractivity (Wildman–Crippen MR) is 79.5 cm³/mol. The monoisotopic (exact) mass is 291 g/mol. The van der Waals surface area contributed by atoms with Crippen LogP contribution in [0.1, 0.15) is 26.1 Å². The Bertz CT molecular complexity index is 546. The molecule has 0 aliphatic heterocycles. The second-order valence-electron chi connectivity index (χ2n) is 4.51. The standard InChI is InChI=1S/C14H21N5O2/c1-4-6-19-9-11(8-16-19)21-14-7-12(15-5-2)17-13(18-14)10-20-3/h7-9H,4-6,10H2,1-3H3,(H,15,17,18). The molecule has 2 heterocycles. The molecule has 0 fully saturated rings. The topological polar surface area (TPSA) is 74.1 Å². The number of methoxy groups -OCH3 is 1. The van der Waals surface area contributed by atoms with E-state index >= 15 is 0 Å². The zero-order valence-electron chi connectivity index (χ0n) is 12.7. The van der Waals surface area contributed by atoms with Crippen LogP contribution in [0.4, 0.5) is 5.82 Å². The summed E-state index contributed by atoms with van der Waals surface area (Å²) in [6, 6.07) is 1.76. The van der Waals surface area contributed by atoms with Crippen LogP contribution in [0.15, 0.2) is 18.5 Å². The first-order chi connectivity index (χ1) is 10.2. The Hall–Kier alpha value is -2.15. The molecule has 0 bridgehead atoms. The van der Waals surface area contributed by atoms with Crippen molar-refractivity contribution in [3.05, 3.63) is 24.3 Å². The summed E-state index contributed by atoms with van der Waals surface area (Å²) < 4.78 is 12.7. The molecule has 2 aromatic rings. The van der Waals surface area contributed by atoms with Crippen molar-refractivity contribution >= 4 is 5.82 Å². The maximum Gasteiger partial charge on any atom is 0.224 e. The lowest BCUT2D eigenvalue weighted by Gasteiger charge is -2.08. The third-order valence-corrected chi connectivity index (χ3v) is 2.66. The van der Waals surface area contributed by atoms with Crippen molar-refractivity contribution in [1.29, 1.82) is 0 Å². The molecule has 2 rings (SSSR count). The summed E-state index contributed by atoms with van der Waals surface area (Å²) in [5.74, 6) is 2.43. The Morgan fingerprint density at radius 1 is 1.29 bits per heavy atom. The van der Waals surface area contributed by atoms with Crippen LogP contribution in [0.2, 0.25) is 0 Å². The molecule has 0 amide bonds. The van der Waals surface area contributed by atoms with Gasteiger partial charge in [-0.2, -0.15) is 10.1 Å². The van der Waals surface area contributed by atoms with Crippen molar-refractivity contribution in [3.8, 4) is 11.6 Å². The van der Waals surface area contributed by atoms with Crippen LogP contribution in [0.3, 0.4) is 0 Å². The summed E-state index contributed by atoms with van der Waals surface area (Å²) >= 11 is 0. The lowest BCUT2D eigenvalue weighted by molar-refractivity contribution is 0.177. The third-order valence-electron chi connectivity index (χ3n) is 2.66. The fraction of sp³-hybridized carbons (Fsp3) is 0.500. The second-order valence-corrected chi connectivity index (χ2v) is 4.51. The highest BCUT2D eigenvalue weighted by Crippen LogP contribution is 2.21. The number of aryl methyl sites for hydroxylation is 1.